The summed E-state index contributed by atoms with van der Waals surface area (Å²) in [6.07, 6.45) is 4.97. The first-order chi connectivity index (χ1) is 14.0. The van der Waals surface area contributed by atoms with Crippen LogP contribution in [0, 0.1) is 0 Å². The number of fused-ring (bicyclic) bond motifs is 1. The minimum absolute atomic E-state index is 0.128. The van der Waals surface area contributed by atoms with Gasteiger partial charge < -0.3 is 14.3 Å². The van der Waals surface area contributed by atoms with Gasteiger partial charge in [-0.3, -0.25) is 9.69 Å². The van der Waals surface area contributed by atoms with Crippen molar-refractivity contribution in [2.24, 2.45) is 0 Å². The van der Waals surface area contributed by atoms with Crippen LogP contribution >= 0.6 is 0 Å². The summed E-state index contributed by atoms with van der Waals surface area (Å²) in [5.41, 5.74) is 2.15. The summed E-state index contributed by atoms with van der Waals surface area (Å²) in [7, 11) is 1.58. The predicted molar refractivity (Wildman–Crippen MR) is 114 cm³/mol. The van der Waals surface area contributed by atoms with Crippen LogP contribution in [0.4, 0.5) is 0 Å². The molecule has 2 atom stereocenters. The van der Waals surface area contributed by atoms with Crippen LogP contribution in [-0.4, -0.2) is 29.2 Å². The van der Waals surface area contributed by atoms with E-state index >= 15 is 0 Å². The van der Waals surface area contributed by atoms with E-state index in [1.807, 2.05) is 24.3 Å². The zero-order valence-corrected chi connectivity index (χ0v) is 17.1. The van der Waals surface area contributed by atoms with E-state index in [4.69, 9.17) is 9.15 Å². The number of hydrogen-bond acceptors (Lipinski definition) is 5. The number of rotatable bonds is 4. The summed E-state index contributed by atoms with van der Waals surface area (Å²) >= 11 is 0. The van der Waals surface area contributed by atoms with Crippen LogP contribution in [0.1, 0.15) is 38.7 Å². The molecule has 5 nitrogen and oxygen atoms in total. The van der Waals surface area contributed by atoms with E-state index in [1.54, 1.807) is 19.2 Å². The molecule has 152 valence electrons. The van der Waals surface area contributed by atoms with Gasteiger partial charge >= 0.3 is 0 Å². The van der Waals surface area contributed by atoms with Crippen LogP contribution in [0.5, 0.6) is 11.5 Å². The number of methoxy groups -OCH3 is 1. The normalized spacial score (nSPS) is 20.1. The van der Waals surface area contributed by atoms with Gasteiger partial charge in [-0.15, -0.1) is 0 Å². The summed E-state index contributed by atoms with van der Waals surface area (Å²) in [5.74, 6) is 0.782. The maximum absolute atomic E-state index is 13.3. The van der Waals surface area contributed by atoms with Crippen molar-refractivity contribution < 1.29 is 14.3 Å². The van der Waals surface area contributed by atoms with Crippen molar-refractivity contribution in [1.82, 2.24) is 4.90 Å². The fourth-order valence-electron chi connectivity index (χ4n) is 4.42. The first-order valence-electron chi connectivity index (χ1n) is 10.2. The second-order valence-corrected chi connectivity index (χ2v) is 7.92. The van der Waals surface area contributed by atoms with Gasteiger partial charge in [0.05, 0.1) is 23.6 Å². The first-order valence-corrected chi connectivity index (χ1v) is 10.2. The fraction of sp³-hybridized carbons (Fsp3) is 0.375. The Balaban J connectivity index is 1.83. The van der Waals surface area contributed by atoms with Crippen molar-refractivity contribution in [1.29, 1.82) is 0 Å². The number of nitrogens with zero attached hydrogens (tertiary/aromatic N) is 1. The van der Waals surface area contributed by atoms with Crippen molar-refractivity contribution in [2.75, 3.05) is 7.11 Å². The molecule has 1 aromatic heterocycles. The smallest absolute Gasteiger partial charge is 0.200 e. The van der Waals surface area contributed by atoms with E-state index in [0.29, 0.717) is 52.0 Å². The molecule has 0 aliphatic carbocycles. The molecule has 29 heavy (non-hydrogen) atoms. The van der Waals surface area contributed by atoms with Gasteiger partial charge in [-0.05, 0) is 44.9 Å². The Morgan fingerprint density at radius 1 is 1.10 bits per heavy atom. The minimum atomic E-state index is -0.128. The molecule has 1 aliphatic rings. The van der Waals surface area contributed by atoms with E-state index in [9.17, 15) is 9.90 Å². The average Bonchev–Trinajstić information content (AvgIpc) is 2.72. The third-order valence-corrected chi connectivity index (χ3v) is 6.13. The molecule has 0 unspecified atom stereocenters. The topological polar surface area (TPSA) is 62.9 Å². The molecule has 0 radical (unpaired) electrons. The monoisotopic (exact) mass is 393 g/mol. The zero-order chi connectivity index (χ0) is 20.5. The van der Waals surface area contributed by atoms with Crippen molar-refractivity contribution in [3.8, 4) is 22.6 Å². The summed E-state index contributed by atoms with van der Waals surface area (Å²) in [5, 5.41) is 11.0. The molecule has 2 heterocycles. The highest BCUT2D eigenvalue weighted by molar-refractivity contribution is 5.86. The Kier molecular flexibility index (Phi) is 5.33. The number of benzene rings is 2. The lowest BCUT2D eigenvalue weighted by atomic mass is 9.96. The van der Waals surface area contributed by atoms with Gasteiger partial charge in [0.1, 0.15) is 23.3 Å². The highest BCUT2D eigenvalue weighted by Crippen LogP contribution is 2.34. The lowest BCUT2D eigenvalue weighted by molar-refractivity contribution is 0.0945. The zero-order valence-electron chi connectivity index (χ0n) is 17.1. The fourth-order valence-corrected chi connectivity index (χ4v) is 4.42. The molecular formula is C24H27NO4. The van der Waals surface area contributed by atoms with Gasteiger partial charge in [-0.1, -0.05) is 24.6 Å². The second kappa shape index (κ2) is 7.91. The molecule has 1 aliphatic heterocycles. The quantitative estimate of drug-likeness (QED) is 0.680. The number of likely N-dealkylation sites (tertiary alicyclic amines) is 1. The number of aromatic hydroxyl groups is 1. The number of ether oxygens (including phenoxy) is 1. The Morgan fingerprint density at radius 2 is 1.83 bits per heavy atom. The molecule has 2 aromatic carbocycles. The molecule has 1 N–H and O–H groups in total. The van der Waals surface area contributed by atoms with E-state index < -0.39 is 0 Å². The molecule has 0 spiro atoms. The van der Waals surface area contributed by atoms with Gasteiger partial charge in [0.2, 0.25) is 5.43 Å². The van der Waals surface area contributed by atoms with Gasteiger partial charge in [-0.2, -0.15) is 0 Å². The lowest BCUT2D eigenvalue weighted by Gasteiger charge is -2.39. The van der Waals surface area contributed by atoms with Crippen molar-refractivity contribution in [3.63, 3.8) is 0 Å². The number of piperidine rings is 1. The third-order valence-electron chi connectivity index (χ3n) is 6.13. The Labute approximate surface area is 170 Å². The number of phenols is 1. The van der Waals surface area contributed by atoms with Gasteiger partial charge in [0, 0.05) is 24.2 Å². The molecule has 0 saturated carbocycles. The summed E-state index contributed by atoms with van der Waals surface area (Å²) in [6, 6.07) is 11.5. The Morgan fingerprint density at radius 3 is 2.55 bits per heavy atom. The average molecular weight is 393 g/mol. The number of phenolic OH excluding ortho intramolecular Hbond substituents is 1. The summed E-state index contributed by atoms with van der Waals surface area (Å²) < 4.78 is 11.4. The molecule has 0 bridgehead atoms. The molecule has 3 aromatic rings. The van der Waals surface area contributed by atoms with Gasteiger partial charge in [-0.25, -0.2) is 0 Å². The largest absolute Gasteiger partial charge is 0.507 e. The van der Waals surface area contributed by atoms with Crippen molar-refractivity contribution in [3.05, 3.63) is 58.4 Å². The van der Waals surface area contributed by atoms with E-state index in [1.165, 1.54) is 12.7 Å². The molecule has 0 amide bonds. The summed E-state index contributed by atoms with van der Waals surface area (Å²) in [6.45, 7) is 4.99. The van der Waals surface area contributed by atoms with Crippen LogP contribution in [0.15, 0.2) is 51.9 Å². The highest BCUT2D eigenvalue weighted by atomic mass is 16.5. The van der Waals surface area contributed by atoms with E-state index in [0.717, 1.165) is 12.8 Å². The lowest BCUT2D eigenvalue weighted by Crippen LogP contribution is -2.43. The molecular weight excluding hydrogens is 366 g/mol. The third kappa shape index (κ3) is 3.51. The highest BCUT2D eigenvalue weighted by Gasteiger charge is 2.27. The maximum Gasteiger partial charge on any atom is 0.200 e. The molecule has 4 rings (SSSR count). The molecule has 1 saturated heterocycles. The minimum Gasteiger partial charge on any atom is -0.507 e. The van der Waals surface area contributed by atoms with Gasteiger partial charge in [0.15, 0.2) is 0 Å². The first kappa shape index (κ1) is 19.5. The summed E-state index contributed by atoms with van der Waals surface area (Å²) in [4.78, 5) is 15.7. The predicted octanol–water partition coefficient (Wildman–Crippen LogP) is 4.94. The van der Waals surface area contributed by atoms with Crippen molar-refractivity contribution >= 4 is 11.0 Å². The Hall–Kier alpha value is -2.79. The van der Waals surface area contributed by atoms with E-state index in [-0.39, 0.29) is 11.2 Å². The molecule has 5 heteroatoms. The van der Waals surface area contributed by atoms with Crippen LogP contribution < -0.4 is 10.2 Å². The van der Waals surface area contributed by atoms with Crippen LogP contribution in [0.2, 0.25) is 0 Å². The van der Waals surface area contributed by atoms with Crippen LogP contribution in [-0.2, 0) is 6.54 Å². The van der Waals surface area contributed by atoms with Crippen LogP contribution in [0.25, 0.3) is 22.1 Å². The van der Waals surface area contributed by atoms with Gasteiger partial charge in [0.25, 0.3) is 0 Å². The SMILES string of the molecule is COc1ccccc1-c1coc2c(CN3[C@H](C)CCC[C@@H]3C)c(O)ccc2c1=O. The number of hydrogen-bond donors (Lipinski definition) is 1. The maximum atomic E-state index is 13.3. The second-order valence-electron chi connectivity index (χ2n) is 7.92. The van der Waals surface area contributed by atoms with E-state index in [2.05, 4.69) is 18.7 Å². The molecule has 1 fully saturated rings. The van der Waals surface area contributed by atoms with Crippen molar-refractivity contribution in [2.45, 2.75) is 51.7 Å². The number of para-hydroxylation sites is 1. The Bertz CT molecular complexity index is 1080. The van der Waals surface area contributed by atoms with Crippen LogP contribution in [0.3, 0.4) is 0 Å². The standard InChI is InChI=1S/C24H27NO4/c1-15-7-6-8-16(2)25(15)13-19-21(26)12-11-18-23(27)20(14-29-24(18)19)17-9-4-5-10-22(17)28-3/h4-5,9-12,14-16,26H,6-8,13H2,1-3H3/t15-,16+.